The molecule has 0 aliphatic heterocycles. The fourth-order valence-corrected chi connectivity index (χ4v) is 5.11. The Balaban J connectivity index is 1.84. The Kier molecular flexibility index (Phi) is 12.1. The van der Waals surface area contributed by atoms with Gasteiger partial charge in [-0.1, -0.05) is 84.5 Å². The number of amides is 2. The molecule has 0 aromatic heterocycles. The van der Waals surface area contributed by atoms with Crippen LogP contribution < -0.4 is 5.32 Å². The van der Waals surface area contributed by atoms with Gasteiger partial charge in [-0.25, -0.2) is 0 Å². The van der Waals surface area contributed by atoms with E-state index in [4.69, 9.17) is 34.8 Å². The second kappa shape index (κ2) is 15.3. The van der Waals surface area contributed by atoms with Crippen molar-refractivity contribution in [1.82, 2.24) is 10.2 Å². The minimum Gasteiger partial charge on any atom is -0.354 e. The molecule has 1 atom stereocenters. The zero-order valence-electron chi connectivity index (χ0n) is 20.8. The molecule has 0 heterocycles. The largest absolute Gasteiger partial charge is 0.354 e. The lowest BCUT2D eigenvalue weighted by Crippen LogP contribution is -2.50. The molecular formula is C29H31Cl3N2O2S. The molecule has 0 bridgehead atoms. The van der Waals surface area contributed by atoms with Gasteiger partial charge in [0.05, 0.1) is 10.0 Å². The van der Waals surface area contributed by atoms with Gasteiger partial charge in [-0.15, -0.1) is 11.8 Å². The van der Waals surface area contributed by atoms with Gasteiger partial charge >= 0.3 is 0 Å². The van der Waals surface area contributed by atoms with Gasteiger partial charge in [0.2, 0.25) is 11.8 Å². The summed E-state index contributed by atoms with van der Waals surface area (Å²) in [6.07, 6.45) is 2.54. The fraction of sp³-hybridized carbons (Fsp3) is 0.310. The van der Waals surface area contributed by atoms with Crippen molar-refractivity contribution >= 4 is 58.4 Å². The number of carbonyl (C=O) groups excluding carboxylic acids is 2. The molecule has 3 aromatic carbocycles. The van der Waals surface area contributed by atoms with Gasteiger partial charge in [0.1, 0.15) is 6.04 Å². The molecule has 8 heteroatoms. The van der Waals surface area contributed by atoms with Gasteiger partial charge in [-0.3, -0.25) is 9.59 Å². The summed E-state index contributed by atoms with van der Waals surface area (Å²) in [5, 5.41) is 4.57. The number of nitrogens with zero attached hydrogens (tertiary/aromatic N) is 1. The van der Waals surface area contributed by atoms with Gasteiger partial charge in [0, 0.05) is 41.6 Å². The third kappa shape index (κ3) is 9.57. The highest BCUT2D eigenvalue weighted by molar-refractivity contribution is 7.99. The molecule has 0 fully saturated rings. The van der Waals surface area contributed by atoms with Gasteiger partial charge < -0.3 is 10.2 Å². The Bertz CT molecular complexity index is 1160. The third-order valence-electron chi connectivity index (χ3n) is 5.84. The van der Waals surface area contributed by atoms with E-state index in [1.165, 1.54) is 0 Å². The maximum Gasteiger partial charge on any atom is 0.243 e. The molecule has 37 heavy (non-hydrogen) atoms. The number of unbranched alkanes of at least 4 members (excludes halogenated alkanes) is 1. The van der Waals surface area contributed by atoms with Crippen LogP contribution in [-0.2, 0) is 22.6 Å². The molecule has 196 valence electrons. The summed E-state index contributed by atoms with van der Waals surface area (Å²) < 4.78 is 0. The molecular weight excluding hydrogens is 547 g/mol. The lowest BCUT2D eigenvalue weighted by molar-refractivity contribution is -0.141. The first-order chi connectivity index (χ1) is 17.9. The molecule has 0 saturated heterocycles. The molecule has 0 radical (unpaired) electrons. The highest BCUT2D eigenvalue weighted by atomic mass is 35.5. The van der Waals surface area contributed by atoms with E-state index in [9.17, 15) is 9.59 Å². The maximum atomic E-state index is 13.7. The lowest BCUT2D eigenvalue weighted by atomic mass is 10.0. The number of hydrogen-bond donors (Lipinski definition) is 1. The summed E-state index contributed by atoms with van der Waals surface area (Å²) in [6, 6.07) is 21.9. The molecule has 0 aliphatic carbocycles. The van der Waals surface area contributed by atoms with E-state index in [1.54, 1.807) is 28.8 Å². The number of hydrogen-bond acceptors (Lipinski definition) is 3. The standard InChI is InChI=1S/C29H31Cl3N2O2S/c1-2-3-16-33-29(36)27(19-21-7-5-4-6-8-21)34(20-22-9-14-25(31)26(32)18-22)28(35)15-17-37-24-12-10-23(30)11-13-24/h4-14,18,27H,2-3,15-17,19-20H2,1H3,(H,33,36). The van der Waals surface area contributed by atoms with E-state index < -0.39 is 6.04 Å². The highest BCUT2D eigenvalue weighted by Crippen LogP contribution is 2.26. The summed E-state index contributed by atoms with van der Waals surface area (Å²) in [4.78, 5) is 29.8. The van der Waals surface area contributed by atoms with Crippen LogP contribution in [0.4, 0.5) is 0 Å². The van der Waals surface area contributed by atoms with Crippen LogP contribution in [0.25, 0.3) is 0 Å². The highest BCUT2D eigenvalue weighted by Gasteiger charge is 2.30. The van der Waals surface area contributed by atoms with Crippen LogP contribution in [0.15, 0.2) is 77.7 Å². The third-order valence-corrected chi connectivity index (χ3v) is 7.84. The topological polar surface area (TPSA) is 49.4 Å². The molecule has 1 unspecified atom stereocenters. The van der Waals surface area contributed by atoms with Crippen LogP contribution in [-0.4, -0.2) is 35.1 Å². The van der Waals surface area contributed by atoms with Gasteiger partial charge in [0.15, 0.2) is 0 Å². The SMILES string of the molecule is CCCCNC(=O)C(Cc1ccccc1)N(Cc1ccc(Cl)c(Cl)c1)C(=O)CCSc1ccc(Cl)cc1. The first-order valence-electron chi connectivity index (χ1n) is 12.3. The average molecular weight is 578 g/mol. The lowest BCUT2D eigenvalue weighted by Gasteiger charge is -2.31. The number of halogens is 3. The number of rotatable bonds is 13. The number of benzene rings is 3. The van der Waals surface area contributed by atoms with Crippen molar-refractivity contribution in [1.29, 1.82) is 0 Å². The molecule has 3 rings (SSSR count). The van der Waals surface area contributed by atoms with Gasteiger partial charge in [-0.2, -0.15) is 0 Å². The molecule has 2 amide bonds. The van der Waals surface area contributed by atoms with Crippen LogP contribution in [0.1, 0.15) is 37.3 Å². The average Bonchev–Trinajstić information content (AvgIpc) is 2.90. The number of carbonyl (C=O) groups is 2. The Morgan fingerprint density at radius 1 is 0.919 bits per heavy atom. The monoisotopic (exact) mass is 576 g/mol. The quantitative estimate of drug-likeness (QED) is 0.167. The Hall–Kier alpha value is -2.18. The molecule has 1 N–H and O–H groups in total. The summed E-state index contributed by atoms with van der Waals surface area (Å²) in [6.45, 7) is 2.90. The number of thioether (sulfide) groups is 1. The van der Waals surface area contributed by atoms with E-state index in [0.717, 1.165) is 28.9 Å². The fourth-order valence-electron chi connectivity index (χ4n) is 3.83. The van der Waals surface area contributed by atoms with E-state index in [2.05, 4.69) is 12.2 Å². The van der Waals surface area contributed by atoms with Crippen molar-refractivity contribution in [2.45, 2.75) is 50.1 Å². The predicted molar refractivity (Wildman–Crippen MR) is 156 cm³/mol. The van der Waals surface area contributed by atoms with Crippen LogP contribution in [0.5, 0.6) is 0 Å². The van der Waals surface area contributed by atoms with Crippen molar-refractivity contribution in [2.75, 3.05) is 12.3 Å². The zero-order chi connectivity index (χ0) is 26.6. The van der Waals surface area contributed by atoms with Crippen LogP contribution >= 0.6 is 46.6 Å². The second-order valence-corrected chi connectivity index (χ2v) is 11.1. The smallest absolute Gasteiger partial charge is 0.243 e. The first kappa shape index (κ1) is 29.4. The summed E-state index contributed by atoms with van der Waals surface area (Å²) in [5.74, 6) is 0.323. The van der Waals surface area contributed by atoms with Crippen molar-refractivity contribution in [2.24, 2.45) is 0 Å². The predicted octanol–water partition coefficient (Wildman–Crippen LogP) is 7.69. The molecule has 4 nitrogen and oxygen atoms in total. The minimum absolute atomic E-state index is 0.0980. The minimum atomic E-state index is -0.665. The normalized spacial score (nSPS) is 11.7. The van der Waals surface area contributed by atoms with Gasteiger partial charge in [0.25, 0.3) is 0 Å². The van der Waals surface area contributed by atoms with E-state index in [0.29, 0.717) is 33.8 Å². The van der Waals surface area contributed by atoms with Crippen molar-refractivity contribution in [3.8, 4) is 0 Å². The Morgan fingerprint density at radius 3 is 2.32 bits per heavy atom. The Labute approximate surface area is 238 Å². The van der Waals surface area contributed by atoms with Crippen LogP contribution in [0.2, 0.25) is 15.1 Å². The summed E-state index contributed by atoms with van der Waals surface area (Å²) in [5.41, 5.74) is 1.80. The van der Waals surface area contributed by atoms with Crippen molar-refractivity contribution in [3.63, 3.8) is 0 Å². The van der Waals surface area contributed by atoms with Gasteiger partial charge in [-0.05, 0) is 53.9 Å². The second-order valence-electron chi connectivity index (χ2n) is 8.67. The van der Waals surface area contributed by atoms with Crippen LogP contribution in [0, 0.1) is 0 Å². The van der Waals surface area contributed by atoms with E-state index >= 15 is 0 Å². The zero-order valence-corrected chi connectivity index (χ0v) is 23.8. The van der Waals surface area contributed by atoms with Crippen LogP contribution in [0.3, 0.4) is 0 Å². The first-order valence-corrected chi connectivity index (χ1v) is 14.4. The van der Waals surface area contributed by atoms with Crippen molar-refractivity contribution in [3.05, 3.63) is 99.0 Å². The molecule has 3 aromatic rings. The Morgan fingerprint density at radius 2 is 1.65 bits per heavy atom. The summed E-state index contributed by atoms with van der Waals surface area (Å²) >= 11 is 20.0. The molecule has 0 saturated carbocycles. The maximum absolute atomic E-state index is 13.7. The van der Waals surface area contributed by atoms with E-state index in [1.807, 2.05) is 60.7 Å². The summed E-state index contributed by atoms with van der Waals surface area (Å²) in [7, 11) is 0. The van der Waals surface area contributed by atoms with Crippen molar-refractivity contribution < 1.29 is 9.59 Å². The molecule has 0 spiro atoms. The van der Waals surface area contributed by atoms with E-state index in [-0.39, 0.29) is 24.8 Å². The number of nitrogens with one attached hydrogen (secondary N) is 1. The molecule has 0 aliphatic rings.